The fraction of sp³-hybridized carbons (Fsp3) is 0.456. The second-order valence-corrected chi connectivity index (χ2v) is 19.0. The van der Waals surface area contributed by atoms with Gasteiger partial charge in [-0.05, 0) is 138 Å². The number of imide groups is 2. The van der Waals surface area contributed by atoms with Crippen molar-refractivity contribution in [3.63, 3.8) is 0 Å². The van der Waals surface area contributed by atoms with E-state index in [1.54, 1.807) is 48.5 Å². The van der Waals surface area contributed by atoms with Crippen LogP contribution in [-0.4, -0.2) is 165 Å². The molecule has 18 heteroatoms. The molecule has 0 aliphatic carbocycles. The molecule has 11 rings (SSSR count). The number of nitrogens with one attached hydrogen (secondary N) is 1. The molecule has 2 aromatic carbocycles. The van der Waals surface area contributed by atoms with Gasteiger partial charge in [0.25, 0.3) is 23.6 Å². The first kappa shape index (κ1) is 59.7. The van der Waals surface area contributed by atoms with Crippen LogP contribution in [0.5, 0.6) is 0 Å². The summed E-state index contributed by atoms with van der Waals surface area (Å²) in [6.07, 6.45) is 11.2. The number of ether oxygens (including phenoxy) is 1. The molecule has 6 aliphatic heterocycles. The Bertz CT molecular complexity index is 2430. The average molecular weight is 1030 g/mol. The molecule has 404 valence electrons. The van der Waals surface area contributed by atoms with Crippen LogP contribution in [0.3, 0.4) is 0 Å². The number of β-amino-alcohol motifs (C(OH)–C–C–N with tert-alkyl or cyclic N) is 2. The number of nitrogens with zero attached hydrogens (tertiary/aromatic N) is 7. The molecule has 3 unspecified atom stereocenters. The maximum atomic E-state index is 12.4. The van der Waals surface area contributed by atoms with Crippen molar-refractivity contribution in [3.8, 4) is 0 Å². The van der Waals surface area contributed by atoms with Gasteiger partial charge in [0.1, 0.15) is 0 Å². The van der Waals surface area contributed by atoms with Crippen molar-refractivity contribution < 1.29 is 34.1 Å². The second kappa shape index (κ2) is 30.4. The highest BCUT2D eigenvalue weighted by Crippen LogP contribution is 2.29. The third-order valence-electron chi connectivity index (χ3n) is 14.0. The van der Waals surface area contributed by atoms with Gasteiger partial charge < -0.3 is 35.8 Å². The van der Waals surface area contributed by atoms with Gasteiger partial charge in [-0.25, -0.2) is 0 Å². The van der Waals surface area contributed by atoms with E-state index in [2.05, 4.69) is 66.0 Å². The van der Waals surface area contributed by atoms with Crippen LogP contribution in [0.15, 0.2) is 122 Å². The van der Waals surface area contributed by atoms with Gasteiger partial charge in [0.15, 0.2) is 0 Å². The largest absolute Gasteiger partial charge is 0.390 e. The number of pyridine rings is 3. The van der Waals surface area contributed by atoms with E-state index in [9.17, 15) is 29.4 Å². The number of aliphatic hydroxyl groups is 2. The fourth-order valence-electron chi connectivity index (χ4n) is 9.92. The monoisotopic (exact) mass is 1030 g/mol. The van der Waals surface area contributed by atoms with Crippen LogP contribution in [0, 0.1) is 0 Å². The van der Waals surface area contributed by atoms with Gasteiger partial charge in [-0.15, -0.1) is 0 Å². The van der Waals surface area contributed by atoms with E-state index in [0.29, 0.717) is 72.8 Å². The van der Waals surface area contributed by atoms with Crippen LogP contribution >= 0.6 is 0 Å². The molecule has 5 aromatic rings. The summed E-state index contributed by atoms with van der Waals surface area (Å²) in [7, 11) is 0. The predicted molar refractivity (Wildman–Crippen MR) is 291 cm³/mol. The van der Waals surface area contributed by atoms with Crippen LogP contribution in [-0.2, 0) is 4.74 Å². The van der Waals surface area contributed by atoms with Crippen molar-refractivity contribution in [1.29, 1.82) is 0 Å². The van der Waals surface area contributed by atoms with Crippen molar-refractivity contribution in [2.24, 2.45) is 17.4 Å². The molecule has 75 heavy (non-hydrogen) atoms. The Morgan fingerprint density at radius 2 is 0.867 bits per heavy atom. The fourth-order valence-corrected chi connectivity index (χ4v) is 9.92. The lowest BCUT2D eigenvalue weighted by atomic mass is 9.93. The molecule has 4 saturated heterocycles. The summed E-state index contributed by atoms with van der Waals surface area (Å²) < 4.78 is 5.02. The average Bonchev–Trinajstić information content (AvgIpc) is 4.22. The first-order valence-corrected chi connectivity index (χ1v) is 25.5. The van der Waals surface area contributed by atoms with Gasteiger partial charge in [0, 0.05) is 73.1 Å². The van der Waals surface area contributed by atoms with Gasteiger partial charge in [-0.2, -0.15) is 0 Å². The number of hydrazine groups is 1. The van der Waals surface area contributed by atoms with Crippen molar-refractivity contribution in [2.45, 2.75) is 89.4 Å². The van der Waals surface area contributed by atoms with Crippen molar-refractivity contribution in [3.05, 3.63) is 161 Å². The number of benzene rings is 2. The summed E-state index contributed by atoms with van der Waals surface area (Å²) in [6, 6.07) is 32.0. The number of likely N-dealkylation sites (tertiary alicyclic amines) is 2. The number of epoxide rings is 1. The summed E-state index contributed by atoms with van der Waals surface area (Å²) in [5.41, 5.74) is 10.9. The van der Waals surface area contributed by atoms with E-state index in [1.807, 2.05) is 48.9 Å². The Labute approximate surface area is 442 Å². The highest BCUT2D eigenvalue weighted by molar-refractivity contribution is 6.22. The van der Waals surface area contributed by atoms with Crippen LogP contribution in [0.4, 0.5) is 0 Å². The molecule has 0 spiro atoms. The SMILES string of the molecule is C.C.NCC(O)CN1CCC(c2ccccn2)CC1.NN.O=C1c2ccccc2C(=O)N1CC(O)CN1CCC(c2ccccn2)CC1.O=C1c2ccccc2C(=O)N1CC1CO1.c1ccc(C2CCNCC2)nc1. The van der Waals surface area contributed by atoms with Gasteiger partial charge in [-0.1, -0.05) is 57.3 Å². The summed E-state index contributed by atoms with van der Waals surface area (Å²) in [5, 5.41) is 23.3. The zero-order valence-electron chi connectivity index (χ0n) is 41.5. The third-order valence-corrected chi connectivity index (χ3v) is 14.0. The number of amides is 4. The maximum absolute atomic E-state index is 12.4. The number of rotatable bonds is 12. The van der Waals surface area contributed by atoms with E-state index >= 15 is 0 Å². The van der Waals surface area contributed by atoms with Gasteiger partial charge in [-0.3, -0.25) is 55.6 Å². The Balaban J connectivity index is 0.000000189. The molecule has 0 saturated carbocycles. The number of hydrogen-bond donors (Lipinski definition) is 6. The van der Waals surface area contributed by atoms with Crippen molar-refractivity contribution in [1.82, 2.24) is 39.9 Å². The van der Waals surface area contributed by atoms with Crippen LogP contribution in [0.25, 0.3) is 0 Å². The number of carbonyl (C=O) groups excluding carboxylic acids is 4. The summed E-state index contributed by atoms with van der Waals surface area (Å²) >= 11 is 0. The first-order chi connectivity index (χ1) is 35.7. The molecule has 4 fully saturated rings. The molecular weight excluding hydrogens is 951 g/mol. The number of carbonyl (C=O) groups is 4. The van der Waals surface area contributed by atoms with Crippen molar-refractivity contribution in [2.75, 3.05) is 78.6 Å². The zero-order valence-corrected chi connectivity index (χ0v) is 41.5. The second-order valence-electron chi connectivity index (χ2n) is 19.0. The quantitative estimate of drug-likeness (QED) is 0.0424. The van der Waals surface area contributed by atoms with E-state index < -0.39 is 6.10 Å². The molecule has 0 bridgehead atoms. The van der Waals surface area contributed by atoms with E-state index in [4.69, 9.17) is 10.5 Å². The minimum Gasteiger partial charge on any atom is -0.390 e. The Kier molecular flexibility index (Phi) is 24.2. The van der Waals surface area contributed by atoms with Gasteiger partial charge in [0.2, 0.25) is 0 Å². The number of piperidine rings is 3. The Morgan fingerprint density at radius 1 is 0.520 bits per heavy atom. The highest BCUT2D eigenvalue weighted by Gasteiger charge is 2.39. The minimum absolute atomic E-state index is 0. The molecular formula is C57H79N11O7. The lowest BCUT2D eigenvalue weighted by molar-refractivity contribution is 0.0448. The van der Waals surface area contributed by atoms with E-state index in [0.717, 1.165) is 75.5 Å². The number of nitrogens with two attached hydrogens (primary N) is 3. The standard InChI is InChI=1S/C21H23N3O3.C13H21N3O.C11H9NO3.C10H14N2.2CH4.H4N2/c25-16(14-24-20(26)17-5-1-2-6-18(17)21(24)27)13-23-11-8-15(9-12-23)19-7-3-4-10-22-19;14-9-12(17)10-16-7-4-11(5-8-16)13-3-1-2-6-15-13;13-10-8-3-1-2-4-9(8)11(14)12(10)5-7-6-15-7;1-2-6-12-10(3-1)9-4-7-11-8-5-9;;;1-2/h1-7,10,15-16,25H,8-9,11-14H2;1-3,6,11-12,17H,4-5,7-10,14H2;1-4,7H,5-6H2;1-3,6,9,11H,4-5,7-8H2;2*1H4;1-2H2. The molecule has 6 aliphatic rings. The minimum atomic E-state index is -0.751. The summed E-state index contributed by atoms with van der Waals surface area (Å²) in [6.45, 7) is 8.65. The van der Waals surface area contributed by atoms with Crippen LogP contribution in [0.1, 0.15) is 130 Å². The molecule has 3 aromatic heterocycles. The Morgan fingerprint density at radius 3 is 1.21 bits per heavy atom. The van der Waals surface area contributed by atoms with Crippen LogP contribution in [0.2, 0.25) is 0 Å². The van der Waals surface area contributed by atoms with Gasteiger partial charge in [0.05, 0.1) is 60.3 Å². The first-order valence-electron chi connectivity index (χ1n) is 25.5. The molecule has 18 nitrogen and oxygen atoms in total. The molecule has 9 heterocycles. The summed E-state index contributed by atoms with van der Waals surface area (Å²) in [4.78, 5) is 68.6. The molecule has 0 radical (unpaired) electrons. The van der Waals surface area contributed by atoms with E-state index in [1.165, 1.54) is 29.1 Å². The maximum Gasteiger partial charge on any atom is 0.261 e. The lowest BCUT2D eigenvalue weighted by Gasteiger charge is -2.33. The summed E-state index contributed by atoms with van der Waals surface area (Å²) in [5.74, 6) is 8.68. The molecule has 9 N–H and O–H groups in total. The molecule has 3 atom stereocenters. The number of aliphatic hydroxyl groups excluding tert-OH is 2. The zero-order chi connectivity index (χ0) is 51.5. The molecule has 4 amide bonds. The van der Waals surface area contributed by atoms with Crippen LogP contribution < -0.4 is 22.7 Å². The van der Waals surface area contributed by atoms with Crippen molar-refractivity contribution >= 4 is 23.6 Å². The highest BCUT2D eigenvalue weighted by atomic mass is 16.6. The van der Waals surface area contributed by atoms with E-state index in [-0.39, 0.29) is 57.2 Å². The third kappa shape index (κ3) is 16.7. The number of hydrogen-bond acceptors (Lipinski definition) is 16. The van der Waals surface area contributed by atoms with Gasteiger partial charge >= 0.3 is 0 Å². The predicted octanol–water partition coefficient (Wildman–Crippen LogP) is 4.82. The topological polar surface area (TPSA) is 263 Å². The lowest BCUT2D eigenvalue weighted by Crippen LogP contribution is -2.44. The Hall–Kier alpha value is -6.19. The normalized spacial score (nSPS) is 19.4. The number of fused-ring (bicyclic) bond motifs is 2. The smallest absolute Gasteiger partial charge is 0.261 e. The number of aromatic nitrogens is 3.